The third-order valence-electron chi connectivity index (χ3n) is 6.08. The molecule has 0 aliphatic carbocycles. The molecule has 0 spiro atoms. The van der Waals surface area contributed by atoms with Crippen molar-refractivity contribution in [1.29, 1.82) is 0 Å². The summed E-state index contributed by atoms with van der Waals surface area (Å²) in [6.45, 7) is 4.74. The summed E-state index contributed by atoms with van der Waals surface area (Å²) in [5, 5.41) is 6.14. The van der Waals surface area contributed by atoms with Crippen LogP contribution in [0.15, 0.2) is 53.3 Å². The van der Waals surface area contributed by atoms with Gasteiger partial charge in [0.05, 0.1) is 25.0 Å². The van der Waals surface area contributed by atoms with E-state index >= 15 is 0 Å². The Morgan fingerprint density at radius 1 is 1.12 bits per heavy atom. The number of carbonyl (C=O) groups excluding carboxylic acids is 1. The van der Waals surface area contributed by atoms with Gasteiger partial charge in [-0.15, -0.1) is 0 Å². The fraction of sp³-hybridized carbons (Fsp3) is 0.240. The van der Waals surface area contributed by atoms with E-state index in [4.69, 9.17) is 9.72 Å². The molecule has 0 atom stereocenters. The van der Waals surface area contributed by atoms with E-state index in [1.165, 1.54) is 4.52 Å². The highest BCUT2D eigenvalue weighted by molar-refractivity contribution is 5.90. The number of rotatable bonds is 3. The minimum atomic E-state index is -0.192. The lowest BCUT2D eigenvalue weighted by atomic mass is 10.1. The number of aromatic amines is 1. The molecule has 0 unspecified atom stereocenters. The van der Waals surface area contributed by atoms with E-state index in [9.17, 15) is 9.59 Å². The van der Waals surface area contributed by atoms with Crippen LogP contribution < -0.4 is 15.6 Å². The molecule has 3 heterocycles. The van der Waals surface area contributed by atoms with Gasteiger partial charge in [0.15, 0.2) is 5.65 Å². The van der Waals surface area contributed by atoms with E-state index in [1.807, 2.05) is 62.4 Å². The maximum Gasteiger partial charge on any atom is 0.322 e. The van der Waals surface area contributed by atoms with Crippen molar-refractivity contribution in [2.24, 2.45) is 0 Å². The van der Waals surface area contributed by atoms with E-state index in [2.05, 4.69) is 10.4 Å². The van der Waals surface area contributed by atoms with Gasteiger partial charge in [-0.1, -0.05) is 17.7 Å². The Hall–Kier alpha value is -4.07. The highest BCUT2D eigenvalue weighted by Crippen LogP contribution is 2.23. The lowest BCUT2D eigenvalue weighted by Gasteiger charge is -2.28. The zero-order chi connectivity index (χ0) is 23.1. The van der Waals surface area contributed by atoms with Gasteiger partial charge in [0.1, 0.15) is 5.75 Å². The van der Waals surface area contributed by atoms with Crippen LogP contribution in [0.3, 0.4) is 0 Å². The second-order valence-corrected chi connectivity index (χ2v) is 8.35. The molecule has 1 aliphatic rings. The molecule has 8 heteroatoms. The first-order valence-electron chi connectivity index (χ1n) is 10.8. The van der Waals surface area contributed by atoms with Crippen LogP contribution in [-0.2, 0) is 13.0 Å². The number of carbonyl (C=O) groups is 1. The average Bonchev–Trinajstić information content (AvgIpc) is 3.25. The lowest BCUT2D eigenvalue weighted by molar-refractivity contribution is 0.205. The number of aromatic nitrogens is 3. The summed E-state index contributed by atoms with van der Waals surface area (Å²) in [6.07, 6.45) is 0.460. The molecule has 2 aromatic heterocycles. The first kappa shape index (κ1) is 20.8. The van der Waals surface area contributed by atoms with E-state index in [0.717, 1.165) is 33.8 Å². The number of methoxy groups -OCH3 is 1. The van der Waals surface area contributed by atoms with Crippen LogP contribution in [0.25, 0.3) is 16.9 Å². The van der Waals surface area contributed by atoms with Crippen molar-refractivity contribution in [3.63, 3.8) is 0 Å². The molecule has 33 heavy (non-hydrogen) atoms. The van der Waals surface area contributed by atoms with Gasteiger partial charge in [-0.25, -0.2) is 14.3 Å². The van der Waals surface area contributed by atoms with Gasteiger partial charge in [-0.2, -0.15) is 0 Å². The molecule has 168 valence electrons. The Balaban J connectivity index is 1.42. The molecule has 2 aromatic carbocycles. The summed E-state index contributed by atoms with van der Waals surface area (Å²) in [4.78, 5) is 32.4. The number of anilines is 1. The number of urea groups is 1. The average molecular weight is 444 g/mol. The maximum atomic E-state index is 13.1. The van der Waals surface area contributed by atoms with Gasteiger partial charge < -0.3 is 15.0 Å². The van der Waals surface area contributed by atoms with Gasteiger partial charge in [-0.05, 0) is 61.7 Å². The standard InChI is InChI=1S/C25H25N5O3/c1-15-4-9-20(16(2)12-15)27-25(32)29-11-10-19-22(14-29)26-23-13-21(28-30(23)24(19)31)17-5-7-18(33-3)8-6-17/h4-9,12-13,28H,10-11,14H2,1-3H3,(H,27,32). The van der Waals surface area contributed by atoms with Crippen LogP contribution in [0.5, 0.6) is 5.75 Å². The van der Waals surface area contributed by atoms with Crippen molar-refractivity contribution >= 4 is 17.4 Å². The zero-order valence-electron chi connectivity index (χ0n) is 18.8. The van der Waals surface area contributed by atoms with Crippen LogP contribution in [-0.4, -0.2) is 39.2 Å². The molecular weight excluding hydrogens is 418 g/mol. The second kappa shape index (κ2) is 8.12. The Kier molecular flexibility index (Phi) is 5.12. The summed E-state index contributed by atoms with van der Waals surface area (Å²) in [5.41, 5.74) is 6.35. The third-order valence-corrected chi connectivity index (χ3v) is 6.08. The van der Waals surface area contributed by atoms with Crippen molar-refractivity contribution in [2.75, 3.05) is 19.0 Å². The van der Waals surface area contributed by atoms with Crippen LogP contribution in [0.1, 0.15) is 22.4 Å². The number of aryl methyl sites for hydroxylation is 2. The number of H-pyrrole nitrogens is 1. The summed E-state index contributed by atoms with van der Waals surface area (Å²) in [6, 6.07) is 15.2. The highest BCUT2D eigenvalue weighted by Gasteiger charge is 2.25. The molecule has 2 N–H and O–H groups in total. The number of hydrogen-bond donors (Lipinski definition) is 2. The third kappa shape index (κ3) is 3.84. The number of benzene rings is 2. The number of ether oxygens (including phenoxy) is 1. The highest BCUT2D eigenvalue weighted by atomic mass is 16.5. The molecule has 5 rings (SSSR count). The first-order chi connectivity index (χ1) is 15.9. The van der Waals surface area contributed by atoms with E-state index in [1.54, 1.807) is 12.0 Å². The Morgan fingerprint density at radius 3 is 2.64 bits per heavy atom. The molecule has 1 aliphatic heterocycles. The van der Waals surface area contributed by atoms with Gasteiger partial charge >= 0.3 is 6.03 Å². The summed E-state index contributed by atoms with van der Waals surface area (Å²) >= 11 is 0. The molecular formula is C25H25N5O3. The van der Waals surface area contributed by atoms with Crippen LogP contribution in [0.2, 0.25) is 0 Å². The van der Waals surface area contributed by atoms with Crippen LogP contribution in [0, 0.1) is 13.8 Å². The number of nitrogens with one attached hydrogen (secondary N) is 2. The maximum absolute atomic E-state index is 13.1. The number of fused-ring (bicyclic) bond motifs is 2. The largest absolute Gasteiger partial charge is 0.497 e. The smallest absolute Gasteiger partial charge is 0.322 e. The fourth-order valence-electron chi connectivity index (χ4n) is 4.23. The van der Waals surface area contributed by atoms with Crippen LogP contribution in [0.4, 0.5) is 10.5 Å². The minimum absolute atomic E-state index is 0.121. The topological polar surface area (TPSA) is 91.7 Å². The molecule has 0 radical (unpaired) electrons. The minimum Gasteiger partial charge on any atom is -0.497 e. The molecule has 0 bridgehead atoms. The Morgan fingerprint density at radius 2 is 1.91 bits per heavy atom. The van der Waals surface area contributed by atoms with Gasteiger partial charge in [0, 0.05) is 23.9 Å². The fourth-order valence-corrected chi connectivity index (χ4v) is 4.23. The normalized spacial score (nSPS) is 13.1. The zero-order valence-corrected chi connectivity index (χ0v) is 18.8. The monoisotopic (exact) mass is 443 g/mol. The van der Waals surface area contributed by atoms with Crippen molar-refractivity contribution in [3.05, 3.63) is 81.3 Å². The van der Waals surface area contributed by atoms with E-state index in [0.29, 0.717) is 36.4 Å². The molecule has 0 saturated heterocycles. The summed E-state index contributed by atoms with van der Waals surface area (Å²) in [7, 11) is 1.62. The molecule has 8 nitrogen and oxygen atoms in total. The van der Waals surface area contributed by atoms with Gasteiger partial charge in [0.25, 0.3) is 5.56 Å². The van der Waals surface area contributed by atoms with Gasteiger partial charge in [-0.3, -0.25) is 9.89 Å². The SMILES string of the molecule is COc1ccc(-c2cc3nc4c(c(=O)n3[nH]2)CCN(C(=O)Nc2ccc(C)cc2C)C4)cc1. The Bertz CT molecular complexity index is 1420. The number of hydrogen-bond acceptors (Lipinski definition) is 4. The molecule has 0 saturated carbocycles. The van der Waals surface area contributed by atoms with Gasteiger partial charge in [0.2, 0.25) is 0 Å². The first-order valence-corrected chi connectivity index (χ1v) is 10.8. The predicted molar refractivity (Wildman–Crippen MR) is 127 cm³/mol. The quantitative estimate of drug-likeness (QED) is 0.502. The van der Waals surface area contributed by atoms with Crippen molar-refractivity contribution in [2.45, 2.75) is 26.8 Å². The summed E-state index contributed by atoms with van der Waals surface area (Å²) < 4.78 is 6.69. The van der Waals surface area contributed by atoms with Crippen molar-refractivity contribution in [3.8, 4) is 17.0 Å². The van der Waals surface area contributed by atoms with E-state index in [-0.39, 0.29) is 11.6 Å². The summed E-state index contributed by atoms with van der Waals surface area (Å²) in [5.74, 6) is 0.764. The van der Waals surface area contributed by atoms with E-state index < -0.39 is 0 Å². The molecule has 4 aromatic rings. The predicted octanol–water partition coefficient (Wildman–Crippen LogP) is 3.91. The van der Waals surface area contributed by atoms with Crippen molar-refractivity contribution < 1.29 is 9.53 Å². The number of nitrogens with zero attached hydrogens (tertiary/aromatic N) is 3. The molecule has 0 fully saturated rings. The second-order valence-electron chi connectivity index (χ2n) is 8.35. The Labute approximate surface area is 190 Å². The van der Waals surface area contributed by atoms with Crippen LogP contribution >= 0.6 is 0 Å². The number of amides is 2. The lowest BCUT2D eigenvalue weighted by Crippen LogP contribution is -2.41. The van der Waals surface area contributed by atoms with Crippen molar-refractivity contribution in [1.82, 2.24) is 19.5 Å². The molecule has 2 amide bonds.